The highest BCUT2D eigenvalue weighted by Gasteiger charge is 2.01. The summed E-state index contributed by atoms with van der Waals surface area (Å²) in [6.45, 7) is 0.614. The lowest BCUT2D eigenvalue weighted by atomic mass is 10.1. The van der Waals surface area contributed by atoms with Crippen molar-refractivity contribution >= 4 is 5.97 Å². The van der Waals surface area contributed by atoms with Crippen molar-refractivity contribution in [1.82, 2.24) is 0 Å². The molecule has 0 saturated heterocycles. The quantitative estimate of drug-likeness (QED) is 0.462. The molecule has 0 saturated carbocycles. The van der Waals surface area contributed by atoms with E-state index in [-0.39, 0.29) is 5.97 Å². The normalized spacial score (nSPS) is 23.9. The van der Waals surface area contributed by atoms with Gasteiger partial charge in [0.15, 0.2) is 0 Å². The highest BCUT2D eigenvalue weighted by atomic mass is 16.5. The number of hydrogen-bond acceptors (Lipinski definition) is 2. The van der Waals surface area contributed by atoms with Crippen molar-refractivity contribution in [1.29, 1.82) is 0 Å². The fourth-order valence-electron chi connectivity index (χ4n) is 2.12. The summed E-state index contributed by atoms with van der Waals surface area (Å²) >= 11 is 0. The number of carbonyl (C=O) groups excluding carboxylic acids is 1. The largest absolute Gasteiger partial charge is 0.466 e. The van der Waals surface area contributed by atoms with Gasteiger partial charge in [-0.05, 0) is 25.7 Å². The molecule has 17 heavy (non-hydrogen) atoms. The molecule has 0 radical (unpaired) electrons. The minimum absolute atomic E-state index is 0.0401. The average Bonchev–Trinajstić information content (AvgIpc) is 2.32. The van der Waals surface area contributed by atoms with E-state index in [9.17, 15) is 4.79 Å². The first kappa shape index (κ1) is 14.3. The topological polar surface area (TPSA) is 26.3 Å². The van der Waals surface area contributed by atoms with Crippen LogP contribution in [0.25, 0.3) is 0 Å². The van der Waals surface area contributed by atoms with Gasteiger partial charge in [-0.3, -0.25) is 4.79 Å². The van der Waals surface area contributed by atoms with E-state index in [0.717, 1.165) is 19.3 Å². The number of allylic oxidation sites excluding steroid dienone is 2. The number of ether oxygens (including phenoxy) is 1. The van der Waals surface area contributed by atoms with Crippen LogP contribution in [-0.2, 0) is 9.53 Å². The van der Waals surface area contributed by atoms with E-state index in [1.807, 2.05) is 0 Å². The first-order valence-electron chi connectivity index (χ1n) is 7.20. The molecule has 0 N–H and O–H groups in total. The Labute approximate surface area is 105 Å². The first-order chi connectivity index (χ1) is 8.39. The Hall–Kier alpha value is -0.790. The summed E-state index contributed by atoms with van der Waals surface area (Å²) in [6, 6.07) is 0. The minimum atomic E-state index is -0.0401. The van der Waals surface area contributed by atoms with Crippen molar-refractivity contribution < 1.29 is 9.53 Å². The molecule has 0 fully saturated rings. The molecule has 0 amide bonds. The second-order valence-corrected chi connectivity index (χ2v) is 4.85. The van der Waals surface area contributed by atoms with Gasteiger partial charge in [0, 0.05) is 6.42 Å². The number of rotatable bonds is 0. The third-order valence-corrected chi connectivity index (χ3v) is 3.21. The average molecular weight is 238 g/mol. The monoisotopic (exact) mass is 238 g/mol. The third kappa shape index (κ3) is 8.96. The molecule has 1 rings (SSSR count). The van der Waals surface area contributed by atoms with E-state index in [0.29, 0.717) is 13.0 Å². The minimum Gasteiger partial charge on any atom is -0.466 e. The molecule has 1 aliphatic heterocycles. The molecule has 0 aromatic rings. The molecular formula is C15H26O2. The lowest BCUT2D eigenvalue weighted by Crippen LogP contribution is -2.05. The Balaban J connectivity index is 2.19. The van der Waals surface area contributed by atoms with Gasteiger partial charge in [-0.2, -0.15) is 0 Å². The van der Waals surface area contributed by atoms with Gasteiger partial charge >= 0.3 is 5.97 Å². The molecule has 0 aromatic carbocycles. The number of cyclic esters (lactones) is 1. The Morgan fingerprint density at radius 3 is 2.12 bits per heavy atom. The van der Waals surface area contributed by atoms with E-state index in [4.69, 9.17) is 4.74 Å². The van der Waals surface area contributed by atoms with Gasteiger partial charge in [0.2, 0.25) is 0 Å². The maximum Gasteiger partial charge on any atom is 0.306 e. The molecular weight excluding hydrogens is 212 g/mol. The Kier molecular flexibility index (Phi) is 8.71. The summed E-state index contributed by atoms with van der Waals surface area (Å²) in [6.07, 6.45) is 17.1. The summed E-state index contributed by atoms with van der Waals surface area (Å²) in [5.41, 5.74) is 0. The Morgan fingerprint density at radius 1 is 0.765 bits per heavy atom. The maximum atomic E-state index is 11.3. The van der Waals surface area contributed by atoms with Crippen molar-refractivity contribution in [3.63, 3.8) is 0 Å². The second kappa shape index (κ2) is 10.4. The molecule has 0 spiro atoms. The lowest BCUT2D eigenvalue weighted by Gasteiger charge is -2.05. The maximum absolute atomic E-state index is 11.3. The zero-order valence-electron chi connectivity index (χ0n) is 11.0. The summed E-state index contributed by atoms with van der Waals surface area (Å²) < 4.78 is 5.17. The highest BCUT2D eigenvalue weighted by Crippen LogP contribution is 2.11. The molecule has 2 nitrogen and oxygen atoms in total. The fourth-order valence-corrected chi connectivity index (χ4v) is 2.12. The van der Waals surface area contributed by atoms with E-state index in [1.165, 1.54) is 44.9 Å². The van der Waals surface area contributed by atoms with Crippen molar-refractivity contribution in [2.75, 3.05) is 6.61 Å². The third-order valence-electron chi connectivity index (χ3n) is 3.21. The predicted molar refractivity (Wildman–Crippen MR) is 70.9 cm³/mol. The van der Waals surface area contributed by atoms with Crippen molar-refractivity contribution in [3.05, 3.63) is 12.2 Å². The molecule has 0 unspecified atom stereocenters. The van der Waals surface area contributed by atoms with Crippen LogP contribution < -0.4 is 0 Å². The zero-order valence-corrected chi connectivity index (χ0v) is 11.0. The second-order valence-electron chi connectivity index (χ2n) is 4.85. The number of hydrogen-bond donors (Lipinski definition) is 0. The molecule has 1 aliphatic rings. The van der Waals surface area contributed by atoms with Crippen LogP contribution in [0.2, 0.25) is 0 Å². The van der Waals surface area contributed by atoms with E-state index in [2.05, 4.69) is 12.2 Å². The van der Waals surface area contributed by atoms with Crippen LogP contribution in [0.15, 0.2) is 12.2 Å². The van der Waals surface area contributed by atoms with Gasteiger partial charge in [-0.1, -0.05) is 50.7 Å². The smallest absolute Gasteiger partial charge is 0.306 e. The van der Waals surface area contributed by atoms with E-state index in [1.54, 1.807) is 0 Å². The molecule has 1 heterocycles. The summed E-state index contributed by atoms with van der Waals surface area (Å²) in [4.78, 5) is 11.3. The van der Waals surface area contributed by atoms with Gasteiger partial charge in [-0.25, -0.2) is 0 Å². The van der Waals surface area contributed by atoms with Crippen LogP contribution in [0.3, 0.4) is 0 Å². The van der Waals surface area contributed by atoms with Crippen molar-refractivity contribution in [2.24, 2.45) is 0 Å². The Bertz CT molecular complexity index is 221. The summed E-state index contributed by atoms with van der Waals surface area (Å²) in [5, 5.41) is 0. The van der Waals surface area contributed by atoms with Crippen molar-refractivity contribution in [3.8, 4) is 0 Å². The van der Waals surface area contributed by atoms with Crippen molar-refractivity contribution in [2.45, 2.75) is 70.6 Å². The van der Waals surface area contributed by atoms with Crippen LogP contribution in [0, 0.1) is 0 Å². The van der Waals surface area contributed by atoms with Gasteiger partial charge in [0.25, 0.3) is 0 Å². The zero-order chi connectivity index (χ0) is 12.2. The predicted octanol–water partition coefficient (Wildman–Crippen LogP) is 4.39. The molecule has 0 atom stereocenters. The van der Waals surface area contributed by atoms with Crippen LogP contribution in [0.4, 0.5) is 0 Å². The van der Waals surface area contributed by atoms with Crippen LogP contribution in [0.1, 0.15) is 70.6 Å². The van der Waals surface area contributed by atoms with Gasteiger partial charge < -0.3 is 4.74 Å². The Morgan fingerprint density at radius 2 is 1.35 bits per heavy atom. The standard InChI is InChI=1S/C15H26O2/c16-15-13-11-9-7-5-3-1-2-4-6-8-10-12-14-17-15/h7,9H,1-6,8,10-14H2/b9-7+. The number of carbonyl (C=O) groups is 1. The number of esters is 1. The van der Waals surface area contributed by atoms with E-state index >= 15 is 0 Å². The lowest BCUT2D eigenvalue weighted by molar-refractivity contribution is -0.143. The molecule has 0 aliphatic carbocycles. The summed E-state index contributed by atoms with van der Waals surface area (Å²) in [5.74, 6) is -0.0401. The SMILES string of the molecule is O=C1CC/C=C/CCCCCCCCCCO1. The van der Waals surface area contributed by atoms with E-state index < -0.39 is 0 Å². The summed E-state index contributed by atoms with van der Waals surface area (Å²) in [7, 11) is 0. The highest BCUT2D eigenvalue weighted by molar-refractivity contribution is 5.69. The molecule has 0 aromatic heterocycles. The van der Waals surface area contributed by atoms with Gasteiger partial charge in [0.1, 0.15) is 0 Å². The van der Waals surface area contributed by atoms with Crippen LogP contribution >= 0.6 is 0 Å². The molecule has 2 heteroatoms. The van der Waals surface area contributed by atoms with Gasteiger partial charge in [-0.15, -0.1) is 0 Å². The first-order valence-corrected chi connectivity index (χ1v) is 7.20. The molecule has 98 valence electrons. The fraction of sp³-hybridized carbons (Fsp3) is 0.800. The van der Waals surface area contributed by atoms with Gasteiger partial charge in [0.05, 0.1) is 6.61 Å². The molecule has 0 bridgehead atoms. The van der Waals surface area contributed by atoms with Crippen LogP contribution in [0.5, 0.6) is 0 Å². The van der Waals surface area contributed by atoms with Crippen LogP contribution in [-0.4, -0.2) is 12.6 Å².